The summed E-state index contributed by atoms with van der Waals surface area (Å²) in [6.07, 6.45) is 4.26. The average Bonchev–Trinajstić information content (AvgIpc) is 2.05. The van der Waals surface area contributed by atoms with E-state index in [1.54, 1.807) is 0 Å². The van der Waals surface area contributed by atoms with Gasteiger partial charge in [-0.3, -0.25) is 4.79 Å². The zero-order valence-electron chi connectivity index (χ0n) is 8.31. The van der Waals surface area contributed by atoms with Crippen molar-refractivity contribution >= 4 is 5.91 Å². The molecule has 0 radical (unpaired) electrons. The van der Waals surface area contributed by atoms with Gasteiger partial charge in [-0.15, -0.1) is 0 Å². The maximum absolute atomic E-state index is 10.8. The first kappa shape index (κ1) is 11.2. The van der Waals surface area contributed by atoms with Gasteiger partial charge in [0.1, 0.15) is 0 Å². The fourth-order valence-corrected chi connectivity index (χ4v) is 1.19. The van der Waals surface area contributed by atoms with Crippen molar-refractivity contribution in [3.8, 4) is 0 Å². The van der Waals surface area contributed by atoms with E-state index in [9.17, 15) is 4.79 Å². The van der Waals surface area contributed by atoms with E-state index in [4.69, 9.17) is 5.73 Å². The molecule has 70 valence electrons. The Hall–Kier alpha value is -0.790. The molecule has 2 nitrogen and oxygen atoms in total. The number of unbranched alkanes of at least 4 members (excludes halogenated alkanes) is 1. The molecule has 12 heavy (non-hydrogen) atoms. The van der Waals surface area contributed by atoms with Gasteiger partial charge in [0, 0.05) is 5.57 Å². The smallest absolute Gasteiger partial charge is 0.244 e. The van der Waals surface area contributed by atoms with Crippen LogP contribution in [0.4, 0.5) is 0 Å². The van der Waals surface area contributed by atoms with Gasteiger partial charge in [0.25, 0.3) is 0 Å². The molecule has 0 aromatic carbocycles. The summed E-state index contributed by atoms with van der Waals surface area (Å²) in [5, 5.41) is 0. The minimum absolute atomic E-state index is 0.275. The van der Waals surface area contributed by atoms with Crippen LogP contribution in [0.25, 0.3) is 0 Å². The number of rotatable bonds is 5. The molecule has 0 fully saturated rings. The Morgan fingerprint density at radius 3 is 2.25 bits per heavy atom. The molecule has 0 heterocycles. The molecular weight excluding hydrogens is 150 g/mol. The Kier molecular flexibility index (Phi) is 5.43. The number of nitrogens with two attached hydrogens (primary N) is 1. The third-order valence-corrected chi connectivity index (χ3v) is 2.16. The maximum atomic E-state index is 10.8. The molecule has 0 aliphatic rings. The average molecular weight is 169 g/mol. The third-order valence-electron chi connectivity index (χ3n) is 2.16. The summed E-state index contributed by atoms with van der Waals surface area (Å²) in [7, 11) is 0. The van der Waals surface area contributed by atoms with Crippen LogP contribution in [0, 0.1) is 0 Å². The summed E-state index contributed by atoms with van der Waals surface area (Å²) in [4.78, 5) is 10.8. The molecule has 0 rings (SSSR count). The van der Waals surface area contributed by atoms with Gasteiger partial charge in [-0.1, -0.05) is 25.8 Å². The highest BCUT2D eigenvalue weighted by Crippen LogP contribution is 2.15. The van der Waals surface area contributed by atoms with E-state index in [1.165, 1.54) is 5.57 Å². The highest BCUT2D eigenvalue weighted by molar-refractivity contribution is 5.92. The van der Waals surface area contributed by atoms with Crippen molar-refractivity contribution in [3.63, 3.8) is 0 Å². The van der Waals surface area contributed by atoms with Gasteiger partial charge < -0.3 is 5.73 Å². The van der Waals surface area contributed by atoms with E-state index in [-0.39, 0.29) is 5.91 Å². The van der Waals surface area contributed by atoms with Gasteiger partial charge in [-0.2, -0.15) is 0 Å². The molecule has 0 saturated carbocycles. The van der Waals surface area contributed by atoms with Crippen molar-refractivity contribution in [2.24, 2.45) is 5.73 Å². The molecular formula is C10H19NO. The first-order valence-electron chi connectivity index (χ1n) is 4.61. The van der Waals surface area contributed by atoms with E-state index < -0.39 is 0 Å². The lowest BCUT2D eigenvalue weighted by molar-refractivity contribution is -0.114. The van der Waals surface area contributed by atoms with Crippen molar-refractivity contribution in [1.29, 1.82) is 0 Å². The van der Waals surface area contributed by atoms with Gasteiger partial charge in [-0.25, -0.2) is 0 Å². The Bertz CT molecular complexity index is 182. The number of carbonyl (C=O) groups is 1. The number of hydrogen-bond donors (Lipinski definition) is 1. The molecule has 0 atom stereocenters. The summed E-state index contributed by atoms with van der Waals surface area (Å²) in [6, 6.07) is 0. The fraction of sp³-hybridized carbons (Fsp3) is 0.700. The summed E-state index contributed by atoms with van der Waals surface area (Å²) < 4.78 is 0. The Balaban J connectivity index is 4.28. The van der Waals surface area contributed by atoms with E-state index in [0.717, 1.165) is 31.3 Å². The quantitative estimate of drug-likeness (QED) is 0.631. The van der Waals surface area contributed by atoms with Crippen LogP contribution in [0.2, 0.25) is 0 Å². The lowest BCUT2D eigenvalue weighted by atomic mass is 10.0. The van der Waals surface area contributed by atoms with Crippen molar-refractivity contribution in [2.75, 3.05) is 0 Å². The normalized spacial score (nSPS) is 12.6. The standard InChI is InChI=1S/C10H19NO/c1-4-6-7-9(5-2)8(3)10(11)12/h4-7H2,1-3H3,(H2,11,12). The SMILES string of the molecule is CCCCC(CC)=C(C)C(N)=O. The predicted molar refractivity (Wildman–Crippen MR) is 51.7 cm³/mol. The molecule has 2 heteroatoms. The van der Waals surface area contributed by atoms with Gasteiger partial charge in [0.05, 0.1) is 0 Å². The highest BCUT2D eigenvalue weighted by atomic mass is 16.1. The second kappa shape index (κ2) is 5.81. The second-order valence-corrected chi connectivity index (χ2v) is 3.05. The lowest BCUT2D eigenvalue weighted by Gasteiger charge is -2.06. The Morgan fingerprint density at radius 2 is 1.92 bits per heavy atom. The third kappa shape index (κ3) is 3.56. The van der Waals surface area contributed by atoms with Crippen LogP contribution in [0.15, 0.2) is 11.1 Å². The number of allylic oxidation sites excluding steroid dienone is 1. The molecule has 0 aromatic heterocycles. The molecule has 0 unspecified atom stereocenters. The van der Waals surface area contributed by atoms with E-state index >= 15 is 0 Å². The largest absolute Gasteiger partial charge is 0.366 e. The number of primary amides is 1. The van der Waals surface area contributed by atoms with E-state index in [2.05, 4.69) is 13.8 Å². The number of carbonyl (C=O) groups excluding carboxylic acids is 1. The van der Waals surface area contributed by atoms with Gasteiger partial charge in [-0.05, 0) is 26.2 Å². The van der Waals surface area contributed by atoms with Crippen molar-refractivity contribution in [2.45, 2.75) is 46.5 Å². The van der Waals surface area contributed by atoms with Crippen LogP contribution >= 0.6 is 0 Å². The fourth-order valence-electron chi connectivity index (χ4n) is 1.19. The van der Waals surface area contributed by atoms with Crippen LogP contribution in [-0.2, 0) is 4.79 Å². The molecule has 0 aromatic rings. The first-order chi connectivity index (χ1) is 5.63. The van der Waals surface area contributed by atoms with Crippen molar-refractivity contribution in [1.82, 2.24) is 0 Å². The van der Waals surface area contributed by atoms with Crippen LogP contribution in [0.3, 0.4) is 0 Å². The molecule has 2 N–H and O–H groups in total. The molecule has 0 aliphatic carbocycles. The molecule has 0 saturated heterocycles. The topological polar surface area (TPSA) is 43.1 Å². The summed E-state index contributed by atoms with van der Waals surface area (Å²) >= 11 is 0. The van der Waals surface area contributed by atoms with Crippen LogP contribution in [0.1, 0.15) is 46.5 Å². The first-order valence-corrected chi connectivity index (χ1v) is 4.61. The van der Waals surface area contributed by atoms with E-state index in [1.807, 2.05) is 6.92 Å². The van der Waals surface area contributed by atoms with Gasteiger partial charge >= 0.3 is 0 Å². The van der Waals surface area contributed by atoms with Crippen LogP contribution in [-0.4, -0.2) is 5.91 Å². The van der Waals surface area contributed by atoms with Crippen LogP contribution < -0.4 is 5.73 Å². The highest BCUT2D eigenvalue weighted by Gasteiger charge is 2.04. The minimum Gasteiger partial charge on any atom is -0.366 e. The monoisotopic (exact) mass is 169 g/mol. The molecule has 0 aliphatic heterocycles. The van der Waals surface area contributed by atoms with Crippen molar-refractivity contribution < 1.29 is 4.79 Å². The van der Waals surface area contributed by atoms with Gasteiger partial charge in [0.2, 0.25) is 5.91 Å². The minimum atomic E-state index is -0.275. The summed E-state index contributed by atoms with van der Waals surface area (Å²) in [5.41, 5.74) is 7.16. The number of amides is 1. The lowest BCUT2D eigenvalue weighted by Crippen LogP contribution is -2.13. The number of hydrogen-bond acceptors (Lipinski definition) is 1. The predicted octanol–water partition coefficient (Wildman–Crippen LogP) is 2.39. The molecule has 0 bridgehead atoms. The zero-order chi connectivity index (χ0) is 9.56. The maximum Gasteiger partial charge on any atom is 0.244 e. The van der Waals surface area contributed by atoms with Crippen molar-refractivity contribution in [3.05, 3.63) is 11.1 Å². The molecule has 0 spiro atoms. The Morgan fingerprint density at radius 1 is 1.33 bits per heavy atom. The summed E-state index contributed by atoms with van der Waals surface area (Å²) in [5.74, 6) is -0.275. The Labute approximate surface area is 74.8 Å². The second-order valence-electron chi connectivity index (χ2n) is 3.05. The van der Waals surface area contributed by atoms with Gasteiger partial charge in [0.15, 0.2) is 0 Å². The van der Waals surface area contributed by atoms with E-state index in [0.29, 0.717) is 0 Å². The summed E-state index contributed by atoms with van der Waals surface area (Å²) in [6.45, 7) is 6.03. The zero-order valence-corrected chi connectivity index (χ0v) is 8.31. The molecule has 1 amide bonds. The van der Waals surface area contributed by atoms with Crippen LogP contribution in [0.5, 0.6) is 0 Å².